The van der Waals surface area contributed by atoms with Crippen LogP contribution in [0.2, 0.25) is 0 Å². The summed E-state index contributed by atoms with van der Waals surface area (Å²) in [6.07, 6.45) is 0.966. The molecule has 0 amide bonds. The van der Waals surface area contributed by atoms with Gasteiger partial charge in [-0.05, 0) is 6.42 Å². The summed E-state index contributed by atoms with van der Waals surface area (Å²) in [5.41, 5.74) is 0. The van der Waals surface area contributed by atoms with Crippen molar-refractivity contribution in [1.29, 1.82) is 0 Å². The Balaban J connectivity index is 2.66. The highest BCUT2D eigenvalue weighted by Crippen LogP contribution is 2.27. The molecule has 1 aliphatic rings. The van der Waals surface area contributed by atoms with Crippen molar-refractivity contribution in [1.82, 2.24) is 0 Å². The van der Waals surface area contributed by atoms with E-state index in [1.807, 2.05) is 0 Å². The van der Waals surface area contributed by atoms with Crippen molar-refractivity contribution in [2.45, 2.75) is 19.8 Å². The van der Waals surface area contributed by atoms with Gasteiger partial charge in [0.1, 0.15) is 5.78 Å². The zero-order valence-corrected chi connectivity index (χ0v) is 5.83. The van der Waals surface area contributed by atoms with Gasteiger partial charge in [-0.2, -0.15) is 0 Å². The second-order valence-electron chi connectivity index (χ2n) is 2.74. The van der Waals surface area contributed by atoms with Crippen LogP contribution in [-0.2, 0) is 9.59 Å². The highest BCUT2D eigenvalue weighted by Gasteiger charge is 2.35. The first-order chi connectivity index (χ1) is 4.63. The van der Waals surface area contributed by atoms with Gasteiger partial charge >= 0.3 is 5.97 Å². The van der Waals surface area contributed by atoms with Gasteiger partial charge in [-0.1, -0.05) is 6.92 Å². The molecule has 0 aliphatic heterocycles. The van der Waals surface area contributed by atoms with Gasteiger partial charge in [0, 0.05) is 12.3 Å². The maximum Gasteiger partial charge on any atom is 0.307 e. The summed E-state index contributed by atoms with van der Waals surface area (Å²) in [7, 11) is 0. The van der Waals surface area contributed by atoms with E-state index in [2.05, 4.69) is 0 Å². The molecule has 0 radical (unpaired) electrons. The maximum absolute atomic E-state index is 10.8. The summed E-state index contributed by atoms with van der Waals surface area (Å²) in [5.74, 6) is -1.43. The summed E-state index contributed by atoms with van der Waals surface area (Å²) >= 11 is 0. The number of hydrogen-bond acceptors (Lipinski definition) is 2. The van der Waals surface area contributed by atoms with Crippen LogP contribution in [0.1, 0.15) is 19.8 Å². The summed E-state index contributed by atoms with van der Waals surface area (Å²) in [6.45, 7) is 1.69. The van der Waals surface area contributed by atoms with E-state index in [4.69, 9.17) is 5.11 Å². The maximum atomic E-state index is 10.8. The second-order valence-corrected chi connectivity index (χ2v) is 2.74. The van der Waals surface area contributed by atoms with Crippen LogP contribution in [0.3, 0.4) is 0 Å². The molecule has 56 valence electrons. The van der Waals surface area contributed by atoms with E-state index in [1.165, 1.54) is 0 Å². The number of ketones is 1. The van der Waals surface area contributed by atoms with Gasteiger partial charge in [0.25, 0.3) is 0 Å². The third-order valence-corrected chi connectivity index (χ3v) is 2.13. The van der Waals surface area contributed by atoms with Crippen LogP contribution >= 0.6 is 0 Å². The lowest BCUT2D eigenvalue weighted by molar-refractivity contribution is -0.144. The standard InChI is InChI=1S/C7H10O3/c1-4-5(7(9)10)2-3-6(4)8/h4-5H,2-3H2,1H3,(H,9,10)/t4?,5-/m1/s1. The van der Waals surface area contributed by atoms with E-state index in [0.29, 0.717) is 12.8 Å². The van der Waals surface area contributed by atoms with Gasteiger partial charge in [0.2, 0.25) is 0 Å². The minimum atomic E-state index is -0.835. The predicted octanol–water partition coefficient (Wildman–Crippen LogP) is 0.686. The van der Waals surface area contributed by atoms with Crippen molar-refractivity contribution in [3.8, 4) is 0 Å². The van der Waals surface area contributed by atoms with Gasteiger partial charge in [-0.3, -0.25) is 9.59 Å². The molecule has 3 heteroatoms. The highest BCUT2D eigenvalue weighted by atomic mass is 16.4. The SMILES string of the molecule is CC1C(=O)CC[C@H]1C(=O)O. The molecule has 0 aromatic heterocycles. The van der Waals surface area contributed by atoms with Crippen molar-refractivity contribution in [3.63, 3.8) is 0 Å². The third kappa shape index (κ3) is 1.03. The van der Waals surface area contributed by atoms with Crippen LogP contribution in [0.15, 0.2) is 0 Å². The third-order valence-electron chi connectivity index (χ3n) is 2.13. The van der Waals surface area contributed by atoms with Crippen LogP contribution in [0.5, 0.6) is 0 Å². The van der Waals surface area contributed by atoms with Crippen LogP contribution in [0.25, 0.3) is 0 Å². The van der Waals surface area contributed by atoms with E-state index in [0.717, 1.165) is 0 Å². The van der Waals surface area contributed by atoms with Crippen molar-refractivity contribution >= 4 is 11.8 Å². The Bertz CT molecular complexity index is 174. The Labute approximate surface area is 59.0 Å². The molecule has 10 heavy (non-hydrogen) atoms. The molecule has 1 saturated carbocycles. The second kappa shape index (κ2) is 2.40. The van der Waals surface area contributed by atoms with Crippen molar-refractivity contribution < 1.29 is 14.7 Å². The monoisotopic (exact) mass is 142 g/mol. The van der Waals surface area contributed by atoms with Gasteiger partial charge in [-0.25, -0.2) is 0 Å². The Hall–Kier alpha value is -0.860. The zero-order valence-electron chi connectivity index (χ0n) is 5.83. The number of Topliss-reactive ketones (excluding diaryl/α,β-unsaturated/α-hetero) is 1. The number of carbonyl (C=O) groups excluding carboxylic acids is 1. The molecule has 0 spiro atoms. The summed E-state index contributed by atoms with van der Waals surface area (Å²) in [5, 5.41) is 8.55. The molecular formula is C7H10O3. The highest BCUT2D eigenvalue weighted by molar-refractivity contribution is 5.89. The molecule has 1 fully saturated rings. The molecule has 1 rings (SSSR count). The largest absolute Gasteiger partial charge is 0.481 e. The molecule has 0 aromatic carbocycles. The Morgan fingerprint density at radius 2 is 2.30 bits per heavy atom. The predicted molar refractivity (Wildman–Crippen MR) is 34.5 cm³/mol. The smallest absolute Gasteiger partial charge is 0.307 e. The van der Waals surface area contributed by atoms with Crippen molar-refractivity contribution in [3.05, 3.63) is 0 Å². The first-order valence-electron chi connectivity index (χ1n) is 3.38. The molecule has 0 bridgehead atoms. The van der Waals surface area contributed by atoms with Crippen molar-refractivity contribution in [2.75, 3.05) is 0 Å². The summed E-state index contributed by atoms with van der Waals surface area (Å²) in [4.78, 5) is 21.2. The Morgan fingerprint density at radius 1 is 1.70 bits per heavy atom. The molecule has 3 nitrogen and oxygen atoms in total. The molecule has 0 saturated heterocycles. The fraction of sp³-hybridized carbons (Fsp3) is 0.714. The molecular weight excluding hydrogens is 132 g/mol. The number of rotatable bonds is 1. The topological polar surface area (TPSA) is 54.4 Å². The van der Waals surface area contributed by atoms with Gasteiger partial charge in [0.15, 0.2) is 0 Å². The zero-order chi connectivity index (χ0) is 7.72. The van der Waals surface area contributed by atoms with Gasteiger partial charge in [-0.15, -0.1) is 0 Å². The molecule has 1 unspecified atom stereocenters. The fourth-order valence-corrected chi connectivity index (χ4v) is 1.34. The van der Waals surface area contributed by atoms with E-state index >= 15 is 0 Å². The van der Waals surface area contributed by atoms with Gasteiger partial charge < -0.3 is 5.11 Å². The molecule has 2 atom stereocenters. The van der Waals surface area contributed by atoms with Crippen LogP contribution in [0.4, 0.5) is 0 Å². The minimum Gasteiger partial charge on any atom is -0.481 e. The van der Waals surface area contributed by atoms with Gasteiger partial charge in [0.05, 0.1) is 5.92 Å². The fourth-order valence-electron chi connectivity index (χ4n) is 1.34. The number of hydrogen-bond donors (Lipinski definition) is 1. The van der Waals surface area contributed by atoms with Crippen LogP contribution in [0, 0.1) is 11.8 Å². The average Bonchev–Trinajstić information content (AvgIpc) is 2.14. The van der Waals surface area contributed by atoms with Crippen LogP contribution < -0.4 is 0 Å². The first kappa shape index (κ1) is 7.25. The van der Waals surface area contributed by atoms with E-state index < -0.39 is 11.9 Å². The lowest BCUT2D eigenvalue weighted by Crippen LogP contribution is -2.18. The molecule has 0 heterocycles. The Kier molecular flexibility index (Phi) is 1.74. The quantitative estimate of drug-likeness (QED) is 0.586. The van der Waals surface area contributed by atoms with Crippen molar-refractivity contribution in [2.24, 2.45) is 11.8 Å². The molecule has 0 aromatic rings. The van der Waals surface area contributed by atoms with Crippen LogP contribution in [-0.4, -0.2) is 16.9 Å². The minimum absolute atomic E-state index is 0.0902. The summed E-state index contributed by atoms with van der Waals surface area (Å²) < 4.78 is 0. The Morgan fingerprint density at radius 3 is 2.50 bits per heavy atom. The van der Waals surface area contributed by atoms with E-state index in [9.17, 15) is 9.59 Å². The number of carboxylic acid groups (broad SMARTS) is 1. The number of carboxylic acids is 1. The average molecular weight is 142 g/mol. The lowest BCUT2D eigenvalue weighted by Gasteiger charge is -2.06. The van der Waals surface area contributed by atoms with E-state index in [1.54, 1.807) is 6.92 Å². The molecule has 1 aliphatic carbocycles. The molecule has 1 N–H and O–H groups in total. The number of aliphatic carboxylic acids is 1. The first-order valence-corrected chi connectivity index (χ1v) is 3.38. The summed E-state index contributed by atoms with van der Waals surface area (Å²) in [6, 6.07) is 0. The lowest BCUT2D eigenvalue weighted by atomic mass is 9.98. The van der Waals surface area contributed by atoms with E-state index in [-0.39, 0.29) is 11.7 Å². The normalized spacial score (nSPS) is 32.7. The number of carbonyl (C=O) groups is 2.